The summed E-state index contributed by atoms with van der Waals surface area (Å²) in [6.45, 7) is 1.92. The first kappa shape index (κ1) is 13.1. The highest BCUT2D eigenvalue weighted by Crippen LogP contribution is 2.28. The average Bonchev–Trinajstić information content (AvgIpc) is 2.46. The summed E-state index contributed by atoms with van der Waals surface area (Å²) in [6, 6.07) is 16.1. The van der Waals surface area contributed by atoms with E-state index in [2.05, 4.69) is 6.07 Å². The van der Waals surface area contributed by atoms with Crippen LogP contribution in [-0.4, -0.2) is 7.05 Å². The largest absolute Gasteiger partial charge is 0.367 e. The molecule has 0 heterocycles. The van der Waals surface area contributed by atoms with Gasteiger partial charge in [0.2, 0.25) is 0 Å². The molecule has 0 fully saturated rings. The van der Waals surface area contributed by atoms with Crippen LogP contribution in [0.4, 0.5) is 10.1 Å². The lowest BCUT2D eigenvalue weighted by Crippen LogP contribution is -2.23. The maximum atomic E-state index is 13.8. The lowest BCUT2D eigenvalue weighted by Gasteiger charge is -2.28. The molecule has 0 radical (unpaired) electrons. The fraction of sp³-hybridized carbons (Fsp3) is 0.188. The van der Waals surface area contributed by atoms with E-state index in [-0.39, 0.29) is 11.9 Å². The highest BCUT2D eigenvalue weighted by molar-refractivity contribution is 5.59. The Morgan fingerprint density at radius 2 is 1.74 bits per heavy atom. The van der Waals surface area contributed by atoms with Crippen molar-refractivity contribution in [1.29, 1.82) is 5.26 Å². The average molecular weight is 254 g/mol. The summed E-state index contributed by atoms with van der Waals surface area (Å²) >= 11 is 0. The van der Waals surface area contributed by atoms with Crippen LogP contribution in [0.3, 0.4) is 0 Å². The first-order valence-electron chi connectivity index (χ1n) is 6.11. The Morgan fingerprint density at radius 1 is 1.11 bits per heavy atom. The second-order valence-electron chi connectivity index (χ2n) is 4.44. The molecular formula is C16H15FN2. The van der Waals surface area contributed by atoms with Crippen LogP contribution >= 0.6 is 0 Å². The van der Waals surface area contributed by atoms with Crippen LogP contribution in [0.5, 0.6) is 0 Å². The molecular weight excluding hydrogens is 239 g/mol. The topological polar surface area (TPSA) is 27.0 Å². The van der Waals surface area contributed by atoms with Crippen LogP contribution in [0, 0.1) is 17.1 Å². The van der Waals surface area contributed by atoms with Crippen molar-refractivity contribution in [3.8, 4) is 6.07 Å². The summed E-state index contributed by atoms with van der Waals surface area (Å²) in [6.07, 6.45) is 0. The number of anilines is 1. The molecule has 0 aromatic heterocycles. The molecule has 96 valence electrons. The Bertz CT molecular complexity index is 616. The Hall–Kier alpha value is -2.34. The zero-order valence-corrected chi connectivity index (χ0v) is 11.0. The van der Waals surface area contributed by atoms with E-state index < -0.39 is 0 Å². The summed E-state index contributed by atoms with van der Waals surface area (Å²) in [5, 5.41) is 9.12. The van der Waals surface area contributed by atoms with Crippen molar-refractivity contribution in [2.24, 2.45) is 0 Å². The molecule has 0 bridgehead atoms. The van der Waals surface area contributed by atoms with Gasteiger partial charge in [-0.3, -0.25) is 0 Å². The number of benzene rings is 2. The van der Waals surface area contributed by atoms with Crippen LogP contribution in [0.2, 0.25) is 0 Å². The molecule has 0 aliphatic rings. The number of hydrogen-bond donors (Lipinski definition) is 0. The van der Waals surface area contributed by atoms with Crippen molar-refractivity contribution in [1.82, 2.24) is 0 Å². The molecule has 0 aliphatic heterocycles. The van der Waals surface area contributed by atoms with E-state index in [0.717, 1.165) is 5.69 Å². The van der Waals surface area contributed by atoms with Gasteiger partial charge in [-0.2, -0.15) is 5.26 Å². The van der Waals surface area contributed by atoms with E-state index >= 15 is 0 Å². The molecule has 2 aromatic rings. The van der Waals surface area contributed by atoms with Crippen LogP contribution < -0.4 is 4.90 Å². The zero-order valence-electron chi connectivity index (χ0n) is 11.0. The lowest BCUT2D eigenvalue weighted by molar-refractivity contribution is 0.585. The highest BCUT2D eigenvalue weighted by atomic mass is 19.1. The molecule has 0 N–H and O–H groups in total. The highest BCUT2D eigenvalue weighted by Gasteiger charge is 2.17. The smallest absolute Gasteiger partial charge is 0.128 e. The minimum absolute atomic E-state index is 0.143. The van der Waals surface area contributed by atoms with Gasteiger partial charge in [0, 0.05) is 12.6 Å². The SMILES string of the molecule is CC(c1ccccc1F)N(C)c1ccccc1C#N. The van der Waals surface area contributed by atoms with E-state index in [0.29, 0.717) is 11.1 Å². The summed E-state index contributed by atoms with van der Waals surface area (Å²) < 4.78 is 13.8. The number of nitriles is 1. The zero-order chi connectivity index (χ0) is 13.8. The second kappa shape index (κ2) is 5.53. The van der Waals surface area contributed by atoms with Gasteiger partial charge in [0.05, 0.1) is 17.3 Å². The quantitative estimate of drug-likeness (QED) is 0.830. The lowest BCUT2D eigenvalue weighted by atomic mass is 10.0. The van der Waals surface area contributed by atoms with E-state index in [9.17, 15) is 4.39 Å². The number of rotatable bonds is 3. The van der Waals surface area contributed by atoms with Gasteiger partial charge in [0.15, 0.2) is 0 Å². The number of hydrogen-bond acceptors (Lipinski definition) is 2. The van der Waals surface area contributed by atoms with Crippen LogP contribution in [-0.2, 0) is 0 Å². The summed E-state index contributed by atoms with van der Waals surface area (Å²) in [7, 11) is 1.87. The van der Waals surface area contributed by atoms with E-state index in [1.54, 1.807) is 18.2 Å². The van der Waals surface area contributed by atoms with Crippen molar-refractivity contribution in [3.05, 3.63) is 65.5 Å². The van der Waals surface area contributed by atoms with Crippen molar-refractivity contribution in [3.63, 3.8) is 0 Å². The van der Waals surface area contributed by atoms with Gasteiger partial charge in [-0.25, -0.2) is 4.39 Å². The third-order valence-corrected chi connectivity index (χ3v) is 3.34. The van der Waals surface area contributed by atoms with Gasteiger partial charge >= 0.3 is 0 Å². The summed E-state index contributed by atoms with van der Waals surface area (Å²) in [5.41, 5.74) is 2.02. The third kappa shape index (κ3) is 2.58. The molecule has 1 unspecified atom stereocenters. The van der Waals surface area contributed by atoms with Gasteiger partial charge in [-0.05, 0) is 25.1 Å². The fourth-order valence-electron chi connectivity index (χ4n) is 2.11. The van der Waals surface area contributed by atoms with Crippen LogP contribution in [0.1, 0.15) is 24.1 Å². The Kier molecular flexibility index (Phi) is 3.82. The van der Waals surface area contributed by atoms with Gasteiger partial charge < -0.3 is 4.90 Å². The van der Waals surface area contributed by atoms with Crippen LogP contribution in [0.15, 0.2) is 48.5 Å². The standard InChI is InChI=1S/C16H15FN2/c1-12(14-8-4-5-9-15(14)17)19(2)16-10-6-3-7-13(16)11-18/h3-10,12H,1-2H3. The maximum absolute atomic E-state index is 13.8. The number of nitrogens with zero attached hydrogens (tertiary/aromatic N) is 2. The molecule has 0 aliphatic carbocycles. The van der Waals surface area contributed by atoms with Crippen molar-refractivity contribution < 1.29 is 4.39 Å². The van der Waals surface area contributed by atoms with Gasteiger partial charge in [-0.1, -0.05) is 30.3 Å². The monoisotopic (exact) mass is 254 g/mol. The van der Waals surface area contributed by atoms with E-state index in [1.807, 2.05) is 43.1 Å². The maximum Gasteiger partial charge on any atom is 0.128 e. The number of halogens is 1. The Morgan fingerprint density at radius 3 is 2.42 bits per heavy atom. The predicted molar refractivity (Wildman–Crippen MR) is 74.4 cm³/mol. The normalized spacial score (nSPS) is 11.7. The van der Waals surface area contributed by atoms with Gasteiger partial charge in [0.1, 0.15) is 11.9 Å². The molecule has 0 spiro atoms. The molecule has 0 saturated heterocycles. The van der Waals surface area contributed by atoms with Crippen molar-refractivity contribution in [2.45, 2.75) is 13.0 Å². The van der Waals surface area contributed by atoms with E-state index in [4.69, 9.17) is 5.26 Å². The third-order valence-electron chi connectivity index (χ3n) is 3.34. The minimum atomic E-state index is -0.226. The summed E-state index contributed by atoms with van der Waals surface area (Å²) in [5.74, 6) is -0.226. The molecule has 1 atom stereocenters. The molecule has 2 nitrogen and oxygen atoms in total. The molecule has 0 saturated carbocycles. The van der Waals surface area contributed by atoms with E-state index in [1.165, 1.54) is 6.07 Å². The fourth-order valence-corrected chi connectivity index (χ4v) is 2.11. The first-order valence-corrected chi connectivity index (χ1v) is 6.11. The predicted octanol–water partition coefficient (Wildman–Crippen LogP) is 3.89. The van der Waals surface area contributed by atoms with Gasteiger partial charge in [-0.15, -0.1) is 0 Å². The second-order valence-corrected chi connectivity index (χ2v) is 4.44. The molecule has 2 aromatic carbocycles. The Balaban J connectivity index is 2.37. The van der Waals surface area contributed by atoms with Gasteiger partial charge in [0.25, 0.3) is 0 Å². The van der Waals surface area contributed by atoms with Crippen LogP contribution in [0.25, 0.3) is 0 Å². The number of para-hydroxylation sites is 1. The Labute approximate surface area is 112 Å². The molecule has 3 heteroatoms. The molecule has 0 amide bonds. The first-order chi connectivity index (χ1) is 9.15. The van der Waals surface area contributed by atoms with Crippen molar-refractivity contribution >= 4 is 5.69 Å². The van der Waals surface area contributed by atoms with Crippen molar-refractivity contribution in [2.75, 3.05) is 11.9 Å². The summed E-state index contributed by atoms with van der Waals surface area (Å²) in [4.78, 5) is 1.91. The molecule has 19 heavy (non-hydrogen) atoms. The minimum Gasteiger partial charge on any atom is -0.367 e. The molecule has 2 rings (SSSR count).